The van der Waals surface area contributed by atoms with Gasteiger partial charge in [0.15, 0.2) is 0 Å². The first-order chi connectivity index (χ1) is 8.86. The first-order valence-corrected chi connectivity index (χ1v) is 6.78. The number of hydrogen-bond acceptors (Lipinski definition) is 3. The SMILES string of the molecule is CCCCCNCCOCc1ccc(OC)cc1. The molecule has 0 unspecified atom stereocenters. The number of unbranched alkanes of at least 4 members (excludes halogenated alkanes) is 2. The summed E-state index contributed by atoms with van der Waals surface area (Å²) in [7, 11) is 1.68. The number of methoxy groups -OCH3 is 1. The molecule has 0 bridgehead atoms. The van der Waals surface area contributed by atoms with E-state index in [1.807, 2.05) is 24.3 Å². The van der Waals surface area contributed by atoms with E-state index in [0.29, 0.717) is 6.61 Å². The first-order valence-electron chi connectivity index (χ1n) is 6.78. The van der Waals surface area contributed by atoms with E-state index >= 15 is 0 Å². The highest BCUT2D eigenvalue weighted by atomic mass is 16.5. The van der Waals surface area contributed by atoms with Crippen molar-refractivity contribution >= 4 is 0 Å². The highest BCUT2D eigenvalue weighted by Crippen LogP contribution is 2.11. The molecule has 0 amide bonds. The summed E-state index contributed by atoms with van der Waals surface area (Å²) >= 11 is 0. The molecular weight excluding hydrogens is 226 g/mol. The molecule has 1 N–H and O–H groups in total. The predicted molar refractivity (Wildman–Crippen MR) is 75.0 cm³/mol. The number of hydrogen-bond donors (Lipinski definition) is 1. The third kappa shape index (κ3) is 6.62. The number of nitrogens with one attached hydrogen (secondary N) is 1. The van der Waals surface area contributed by atoms with Gasteiger partial charge in [-0.05, 0) is 30.7 Å². The van der Waals surface area contributed by atoms with Gasteiger partial charge < -0.3 is 14.8 Å². The minimum atomic E-state index is 0.667. The maximum absolute atomic E-state index is 5.60. The Labute approximate surface area is 110 Å². The average molecular weight is 251 g/mol. The van der Waals surface area contributed by atoms with Crippen LogP contribution in [0.1, 0.15) is 31.7 Å². The van der Waals surface area contributed by atoms with Crippen LogP contribution in [0.4, 0.5) is 0 Å². The lowest BCUT2D eigenvalue weighted by Crippen LogP contribution is -2.20. The molecule has 0 fully saturated rings. The van der Waals surface area contributed by atoms with Crippen molar-refractivity contribution in [3.63, 3.8) is 0 Å². The normalized spacial score (nSPS) is 10.6. The van der Waals surface area contributed by atoms with Crippen LogP contribution in [0.5, 0.6) is 5.75 Å². The molecule has 0 saturated carbocycles. The van der Waals surface area contributed by atoms with Gasteiger partial charge in [-0.2, -0.15) is 0 Å². The van der Waals surface area contributed by atoms with Crippen LogP contribution < -0.4 is 10.1 Å². The van der Waals surface area contributed by atoms with Gasteiger partial charge in [0.05, 0.1) is 20.3 Å². The van der Waals surface area contributed by atoms with E-state index in [2.05, 4.69) is 12.2 Å². The zero-order valence-electron chi connectivity index (χ0n) is 11.6. The van der Waals surface area contributed by atoms with Crippen molar-refractivity contribution in [2.45, 2.75) is 32.8 Å². The first kappa shape index (κ1) is 15.0. The summed E-state index contributed by atoms with van der Waals surface area (Å²) in [5, 5.41) is 3.38. The van der Waals surface area contributed by atoms with Crippen molar-refractivity contribution in [3.8, 4) is 5.75 Å². The summed E-state index contributed by atoms with van der Waals surface area (Å²) in [4.78, 5) is 0. The Balaban J connectivity index is 2.00. The number of rotatable bonds is 10. The van der Waals surface area contributed by atoms with E-state index in [9.17, 15) is 0 Å². The Morgan fingerprint density at radius 3 is 2.50 bits per heavy atom. The molecular formula is C15H25NO2. The third-order valence-electron chi connectivity index (χ3n) is 2.81. The molecule has 1 rings (SSSR count). The smallest absolute Gasteiger partial charge is 0.118 e. The molecule has 0 aromatic heterocycles. The molecule has 0 aliphatic heterocycles. The molecule has 0 atom stereocenters. The van der Waals surface area contributed by atoms with Gasteiger partial charge >= 0.3 is 0 Å². The predicted octanol–water partition coefficient (Wildman–Crippen LogP) is 2.99. The zero-order chi connectivity index (χ0) is 13.1. The second-order valence-electron chi connectivity index (χ2n) is 4.36. The summed E-state index contributed by atoms with van der Waals surface area (Å²) in [6.45, 7) is 5.68. The Hall–Kier alpha value is -1.06. The summed E-state index contributed by atoms with van der Waals surface area (Å²) in [5.41, 5.74) is 1.18. The van der Waals surface area contributed by atoms with Crippen molar-refractivity contribution in [2.24, 2.45) is 0 Å². The molecule has 0 radical (unpaired) electrons. The van der Waals surface area contributed by atoms with Gasteiger partial charge in [-0.1, -0.05) is 31.9 Å². The summed E-state index contributed by atoms with van der Waals surface area (Å²) in [5.74, 6) is 0.886. The van der Waals surface area contributed by atoms with Crippen LogP contribution in [0.15, 0.2) is 24.3 Å². The van der Waals surface area contributed by atoms with Crippen LogP contribution in [0, 0.1) is 0 Å². The van der Waals surface area contributed by atoms with Gasteiger partial charge in [0.2, 0.25) is 0 Å². The lowest BCUT2D eigenvalue weighted by atomic mass is 10.2. The highest BCUT2D eigenvalue weighted by molar-refractivity contribution is 5.26. The topological polar surface area (TPSA) is 30.5 Å². The lowest BCUT2D eigenvalue weighted by molar-refractivity contribution is 0.122. The molecule has 0 heterocycles. The van der Waals surface area contributed by atoms with Crippen LogP contribution in [-0.4, -0.2) is 26.8 Å². The molecule has 102 valence electrons. The largest absolute Gasteiger partial charge is 0.497 e. The van der Waals surface area contributed by atoms with Crippen LogP contribution >= 0.6 is 0 Å². The van der Waals surface area contributed by atoms with Crippen molar-refractivity contribution in [3.05, 3.63) is 29.8 Å². The van der Waals surface area contributed by atoms with Crippen molar-refractivity contribution in [1.82, 2.24) is 5.32 Å². The third-order valence-corrected chi connectivity index (χ3v) is 2.81. The molecule has 0 aliphatic rings. The number of benzene rings is 1. The Bertz CT molecular complexity index is 298. The van der Waals surface area contributed by atoms with Gasteiger partial charge in [0, 0.05) is 6.54 Å². The second kappa shape index (κ2) is 9.92. The lowest BCUT2D eigenvalue weighted by Gasteiger charge is -2.06. The van der Waals surface area contributed by atoms with E-state index in [4.69, 9.17) is 9.47 Å². The highest BCUT2D eigenvalue weighted by Gasteiger charge is 1.95. The number of ether oxygens (including phenoxy) is 2. The van der Waals surface area contributed by atoms with E-state index in [1.54, 1.807) is 7.11 Å². The second-order valence-corrected chi connectivity index (χ2v) is 4.36. The molecule has 0 aliphatic carbocycles. The van der Waals surface area contributed by atoms with Crippen molar-refractivity contribution in [2.75, 3.05) is 26.8 Å². The van der Waals surface area contributed by atoms with Crippen molar-refractivity contribution < 1.29 is 9.47 Å². The van der Waals surface area contributed by atoms with Gasteiger partial charge in [0.1, 0.15) is 5.75 Å². The minimum Gasteiger partial charge on any atom is -0.497 e. The van der Waals surface area contributed by atoms with Crippen LogP contribution in [-0.2, 0) is 11.3 Å². The Morgan fingerprint density at radius 1 is 1.06 bits per heavy atom. The zero-order valence-corrected chi connectivity index (χ0v) is 11.6. The Kier molecular flexibility index (Phi) is 8.26. The maximum atomic E-state index is 5.60. The van der Waals surface area contributed by atoms with Crippen LogP contribution in [0.25, 0.3) is 0 Å². The molecule has 1 aromatic rings. The average Bonchev–Trinajstić information content (AvgIpc) is 2.42. The fraction of sp³-hybridized carbons (Fsp3) is 0.600. The van der Waals surface area contributed by atoms with Crippen LogP contribution in [0.2, 0.25) is 0 Å². The molecule has 3 nitrogen and oxygen atoms in total. The van der Waals surface area contributed by atoms with E-state index in [-0.39, 0.29) is 0 Å². The van der Waals surface area contributed by atoms with Crippen LogP contribution in [0.3, 0.4) is 0 Å². The van der Waals surface area contributed by atoms with E-state index < -0.39 is 0 Å². The Morgan fingerprint density at radius 2 is 1.83 bits per heavy atom. The summed E-state index contributed by atoms with van der Waals surface area (Å²) in [6, 6.07) is 7.99. The molecule has 0 spiro atoms. The fourth-order valence-corrected chi connectivity index (χ4v) is 1.68. The quantitative estimate of drug-likeness (QED) is 0.648. The van der Waals surface area contributed by atoms with Gasteiger partial charge in [-0.25, -0.2) is 0 Å². The van der Waals surface area contributed by atoms with Gasteiger partial charge in [-0.15, -0.1) is 0 Å². The molecule has 0 saturated heterocycles. The maximum Gasteiger partial charge on any atom is 0.118 e. The van der Waals surface area contributed by atoms with Gasteiger partial charge in [-0.3, -0.25) is 0 Å². The molecule has 18 heavy (non-hydrogen) atoms. The monoisotopic (exact) mass is 251 g/mol. The minimum absolute atomic E-state index is 0.667. The van der Waals surface area contributed by atoms with Crippen molar-refractivity contribution in [1.29, 1.82) is 0 Å². The molecule has 1 aromatic carbocycles. The summed E-state index contributed by atoms with van der Waals surface area (Å²) < 4.78 is 10.7. The standard InChI is InChI=1S/C15H25NO2/c1-3-4-5-10-16-11-12-18-13-14-6-8-15(17-2)9-7-14/h6-9,16H,3-5,10-13H2,1-2H3. The fourth-order valence-electron chi connectivity index (χ4n) is 1.68. The van der Waals surface area contributed by atoms with Gasteiger partial charge in [0.25, 0.3) is 0 Å². The van der Waals surface area contributed by atoms with E-state index in [0.717, 1.165) is 25.4 Å². The van der Waals surface area contributed by atoms with E-state index in [1.165, 1.54) is 24.8 Å². The molecule has 3 heteroatoms. The summed E-state index contributed by atoms with van der Waals surface area (Å²) in [6.07, 6.45) is 3.84.